The monoisotopic (exact) mass is 314 g/mol. The number of thioether (sulfide) groups is 1. The topological polar surface area (TPSA) is 38.4 Å². The van der Waals surface area contributed by atoms with E-state index in [0.29, 0.717) is 15.2 Å². The van der Waals surface area contributed by atoms with Gasteiger partial charge < -0.3 is 5.73 Å². The second-order valence-electron chi connectivity index (χ2n) is 5.46. The molecule has 0 aliphatic carbocycles. The van der Waals surface area contributed by atoms with Crippen molar-refractivity contribution in [3.63, 3.8) is 0 Å². The maximum absolute atomic E-state index is 6.26. The molecule has 1 atom stereocenters. The molecule has 0 amide bonds. The minimum atomic E-state index is -0.0389. The maximum Gasteiger partial charge on any atom is 0.159 e. The van der Waals surface area contributed by atoms with Crippen molar-refractivity contribution in [3.05, 3.63) is 45.6 Å². The fourth-order valence-corrected chi connectivity index (χ4v) is 3.32. The number of aliphatic imine (C=N–C) groups is 1. The van der Waals surface area contributed by atoms with Gasteiger partial charge in [-0.05, 0) is 23.8 Å². The van der Waals surface area contributed by atoms with Gasteiger partial charge in [0.25, 0.3) is 0 Å². The van der Waals surface area contributed by atoms with Gasteiger partial charge in [0.15, 0.2) is 5.17 Å². The number of nitrogens with zero attached hydrogens (tertiary/aromatic N) is 1. The lowest BCUT2D eigenvalue weighted by Gasteiger charge is -2.26. The molecular formula is C14H16Cl2N2S. The molecule has 0 saturated heterocycles. The summed E-state index contributed by atoms with van der Waals surface area (Å²) < 4.78 is 0. The van der Waals surface area contributed by atoms with Crippen LogP contribution >= 0.6 is 35.0 Å². The summed E-state index contributed by atoms with van der Waals surface area (Å²) in [6, 6.07) is 5.54. The Morgan fingerprint density at radius 1 is 1.26 bits per heavy atom. The lowest BCUT2D eigenvalue weighted by Crippen LogP contribution is -2.19. The smallest absolute Gasteiger partial charge is 0.159 e. The van der Waals surface area contributed by atoms with Crippen LogP contribution in [-0.2, 0) is 0 Å². The van der Waals surface area contributed by atoms with Gasteiger partial charge in [-0.3, -0.25) is 0 Å². The number of hydrogen-bond acceptors (Lipinski definition) is 3. The lowest BCUT2D eigenvalue weighted by atomic mass is 9.91. The van der Waals surface area contributed by atoms with E-state index in [-0.39, 0.29) is 10.7 Å². The molecule has 2 nitrogen and oxygen atoms in total. The van der Waals surface area contributed by atoms with Gasteiger partial charge in [-0.25, -0.2) is 4.99 Å². The van der Waals surface area contributed by atoms with Crippen molar-refractivity contribution >= 4 is 40.1 Å². The Bertz CT molecular complexity index is 559. The van der Waals surface area contributed by atoms with Crippen LogP contribution in [0.5, 0.6) is 0 Å². The number of hydrogen-bond donors (Lipinski definition) is 1. The van der Waals surface area contributed by atoms with E-state index < -0.39 is 0 Å². The van der Waals surface area contributed by atoms with Gasteiger partial charge in [-0.15, -0.1) is 0 Å². The molecule has 19 heavy (non-hydrogen) atoms. The van der Waals surface area contributed by atoms with E-state index in [2.05, 4.69) is 31.8 Å². The van der Waals surface area contributed by atoms with Gasteiger partial charge in [0.1, 0.15) is 0 Å². The quantitative estimate of drug-likeness (QED) is 0.789. The average molecular weight is 315 g/mol. The summed E-state index contributed by atoms with van der Waals surface area (Å²) in [7, 11) is 0. The van der Waals surface area contributed by atoms with Crippen molar-refractivity contribution in [2.45, 2.75) is 26.0 Å². The fraction of sp³-hybridized carbons (Fsp3) is 0.357. The second kappa shape index (κ2) is 5.39. The third-order valence-electron chi connectivity index (χ3n) is 2.83. The van der Waals surface area contributed by atoms with Crippen molar-refractivity contribution < 1.29 is 0 Å². The molecule has 1 unspecified atom stereocenters. The zero-order valence-corrected chi connectivity index (χ0v) is 13.4. The molecule has 0 saturated carbocycles. The standard InChI is InChI=1S/C14H16Cl2N2S/c1-14(2,3)12-7-11(19-13(17)18-12)9-5-4-8(15)6-10(9)16/h4-7,11H,1-3H3,(H2,17,18). The highest BCUT2D eigenvalue weighted by Gasteiger charge is 2.25. The third kappa shape index (κ3) is 3.47. The van der Waals surface area contributed by atoms with Crippen LogP contribution in [0.25, 0.3) is 0 Å². The molecule has 2 rings (SSSR count). The van der Waals surface area contributed by atoms with Gasteiger partial charge in [-0.2, -0.15) is 0 Å². The maximum atomic E-state index is 6.26. The summed E-state index contributed by atoms with van der Waals surface area (Å²) in [6.45, 7) is 6.35. The van der Waals surface area contributed by atoms with Crippen molar-refractivity contribution in [2.24, 2.45) is 16.1 Å². The molecule has 1 aliphatic heterocycles. The van der Waals surface area contributed by atoms with Gasteiger partial charge >= 0.3 is 0 Å². The van der Waals surface area contributed by atoms with Crippen LogP contribution in [0.4, 0.5) is 0 Å². The molecule has 5 heteroatoms. The zero-order chi connectivity index (χ0) is 14.2. The van der Waals surface area contributed by atoms with Crippen molar-refractivity contribution in [1.82, 2.24) is 0 Å². The van der Waals surface area contributed by atoms with E-state index in [1.54, 1.807) is 6.07 Å². The Morgan fingerprint density at radius 3 is 2.53 bits per heavy atom. The van der Waals surface area contributed by atoms with Crippen LogP contribution in [0, 0.1) is 5.41 Å². The third-order valence-corrected chi connectivity index (χ3v) is 4.36. The Balaban J connectivity index is 2.41. The normalized spacial score (nSPS) is 19.9. The summed E-state index contributed by atoms with van der Waals surface area (Å²) in [5, 5.41) is 1.94. The van der Waals surface area contributed by atoms with Crippen LogP contribution in [0.15, 0.2) is 35.0 Å². The van der Waals surface area contributed by atoms with Crippen LogP contribution in [0.1, 0.15) is 31.6 Å². The SMILES string of the molecule is CC(C)(C)C1=CC(c2ccc(Cl)cc2Cl)SC(N)=N1. The molecule has 0 fully saturated rings. The van der Waals surface area contributed by atoms with E-state index in [4.69, 9.17) is 28.9 Å². The Kier molecular flexibility index (Phi) is 4.19. The molecule has 1 aromatic rings. The van der Waals surface area contributed by atoms with E-state index in [1.807, 2.05) is 12.1 Å². The summed E-state index contributed by atoms with van der Waals surface area (Å²) in [6.07, 6.45) is 2.12. The number of amidine groups is 1. The molecule has 0 radical (unpaired) electrons. The van der Waals surface area contributed by atoms with E-state index >= 15 is 0 Å². The highest BCUT2D eigenvalue weighted by Crippen LogP contribution is 2.42. The number of rotatable bonds is 1. The first-order valence-electron chi connectivity index (χ1n) is 5.95. The van der Waals surface area contributed by atoms with E-state index in [1.165, 1.54) is 11.8 Å². The number of allylic oxidation sites excluding steroid dienone is 1. The van der Waals surface area contributed by atoms with E-state index in [0.717, 1.165) is 11.3 Å². The first-order chi connectivity index (χ1) is 8.77. The molecule has 1 aromatic carbocycles. The first-order valence-corrected chi connectivity index (χ1v) is 7.59. The summed E-state index contributed by atoms with van der Waals surface area (Å²) in [5.74, 6) is 0. The molecule has 0 aromatic heterocycles. The molecule has 0 spiro atoms. The molecule has 1 aliphatic rings. The molecule has 2 N–H and O–H groups in total. The summed E-state index contributed by atoms with van der Waals surface area (Å²) >= 11 is 13.7. The van der Waals surface area contributed by atoms with Gasteiger partial charge in [0.2, 0.25) is 0 Å². The Hall–Kier alpha value is -0.640. The highest BCUT2D eigenvalue weighted by molar-refractivity contribution is 8.14. The van der Waals surface area contributed by atoms with Crippen molar-refractivity contribution in [1.29, 1.82) is 0 Å². The Labute approximate surface area is 128 Å². The predicted molar refractivity (Wildman–Crippen MR) is 86.0 cm³/mol. The molecule has 0 bridgehead atoms. The number of halogens is 2. The predicted octanol–water partition coefficient (Wildman–Crippen LogP) is 5.03. The summed E-state index contributed by atoms with van der Waals surface area (Å²) in [5.41, 5.74) is 7.89. The highest BCUT2D eigenvalue weighted by atomic mass is 35.5. The first kappa shape index (κ1) is 14.8. The van der Waals surface area contributed by atoms with Crippen molar-refractivity contribution in [2.75, 3.05) is 0 Å². The number of nitrogens with two attached hydrogens (primary N) is 1. The second-order valence-corrected chi connectivity index (χ2v) is 7.46. The molecular weight excluding hydrogens is 299 g/mol. The van der Waals surface area contributed by atoms with Crippen LogP contribution in [0.2, 0.25) is 10.0 Å². The van der Waals surface area contributed by atoms with Gasteiger partial charge in [0.05, 0.1) is 5.25 Å². The largest absolute Gasteiger partial charge is 0.378 e. The van der Waals surface area contributed by atoms with Crippen LogP contribution < -0.4 is 5.73 Å². The minimum absolute atomic E-state index is 0.0389. The summed E-state index contributed by atoms with van der Waals surface area (Å²) in [4.78, 5) is 4.43. The fourth-order valence-electron chi connectivity index (χ4n) is 1.79. The average Bonchev–Trinajstić information content (AvgIpc) is 2.26. The zero-order valence-electron chi connectivity index (χ0n) is 11.1. The lowest BCUT2D eigenvalue weighted by molar-refractivity contribution is 0.496. The molecule has 102 valence electrons. The van der Waals surface area contributed by atoms with E-state index in [9.17, 15) is 0 Å². The minimum Gasteiger partial charge on any atom is -0.378 e. The van der Waals surface area contributed by atoms with Crippen LogP contribution in [0.3, 0.4) is 0 Å². The number of benzene rings is 1. The van der Waals surface area contributed by atoms with Crippen LogP contribution in [-0.4, -0.2) is 5.17 Å². The van der Waals surface area contributed by atoms with Gasteiger partial charge in [-0.1, -0.05) is 61.8 Å². The molecule has 1 heterocycles. The van der Waals surface area contributed by atoms with Crippen molar-refractivity contribution in [3.8, 4) is 0 Å². The Morgan fingerprint density at radius 2 is 1.95 bits per heavy atom. The van der Waals surface area contributed by atoms with Gasteiger partial charge in [0, 0.05) is 21.2 Å².